The molecule has 42 heavy (non-hydrogen) atoms. The third kappa shape index (κ3) is 6.36. The van der Waals surface area contributed by atoms with E-state index >= 15 is 0 Å². The molecule has 0 aliphatic carbocycles. The van der Waals surface area contributed by atoms with E-state index < -0.39 is 46.0 Å². The molecule has 1 amide bonds. The summed E-state index contributed by atoms with van der Waals surface area (Å²) < 4.78 is 53.4. The summed E-state index contributed by atoms with van der Waals surface area (Å²) >= 11 is 0. The first-order valence-electron chi connectivity index (χ1n) is 12.7. The van der Waals surface area contributed by atoms with E-state index in [9.17, 15) is 27.2 Å². The number of hydrogen-bond acceptors (Lipinski definition) is 7. The van der Waals surface area contributed by atoms with Gasteiger partial charge < -0.3 is 14.8 Å². The number of sulfonamides is 1. The predicted molar refractivity (Wildman–Crippen MR) is 154 cm³/mol. The molecule has 3 aromatic carbocycles. The average molecular weight is 597 g/mol. The van der Waals surface area contributed by atoms with E-state index in [4.69, 9.17) is 9.47 Å². The minimum atomic E-state index is -3.92. The highest BCUT2D eigenvalue weighted by molar-refractivity contribution is 7.92. The van der Waals surface area contributed by atoms with Crippen molar-refractivity contribution in [3.63, 3.8) is 0 Å². The molecule has 0 aliphatic heterocycles. The van der Waals surface area contributed by atoms with E-state index in [-0.39, 0.29) is 16.3 Å². The summed E-state index contributed by atoms with van der Waals surface area (Å²) in [5.74, 6) is -1.82. The van der Waals surface area contributed by atoms with E-state index in [1.807, 2.05) is 6.07 Å². The number of carbonyl (C=O) groups is 2. The average Bonchev–Trinajstić information content (AvgIpc) is 3.19. The summed E-state index contributed by atoms with van der Waals surface area (Å²) in [4.78, 5) is 38.0. The predicted octanol–water partition coefficient (Wildman–Crippen LogP) is 3.40. The summed E-state index contributed by atoms with van der Waals surface area (Å²) in [6.07, 6.45) is -1.22. The van der Waals surface area contributed by atoms with E-state index in [2.05, 4.69) is 5.32 Å². The molecule has 0 saturated carbocycles. The molecule has 0 fully saturated rings. The van der Waals surface area contributed by atoms with Crippen LogP contribution in [0.25, 0.3) is 5.69 Å². The molecule has 1 unspecified atom stereocenters. The normalized spacial score (nSPS) is 11.9. The maximum Gasteiger partial charge on any atom is 0.344 e. The maximum absolute atomic E-state index is 13.2. The van der Waals surface area contributed by atoms with Crippen LogP contribution in [-0.4, -0.2) is 49.4 Å². The van der Waals surface area contributed by atoms with Gasteiger partial charge in [0.05, 0.1) is 22.0 Å². The number of benzene rings is 3. The maximum atomic E-state index is 13.2. The number of para-hydroxylation sites is 1. The molecule has 0 spiro atoms. The Morgan fingerprint density at radius 2 is 1.62 bits per heavy atom. The zero-order chi connectivity index (χ0) is 30.6. The van der Waals surface area contributed by atoms with Crippen LogP contribution in [0.3, 0.4) is 0 Å². The number of rotatable bonds is 10. The Labute approximate surface area is 241 Å². The molecule has 0 aliphatic rings. The van der Waals surface area contributed by atoms with E-state index in [0.717, 1.165) is 16.4 Å². The first-order chi connectivity index (χ1) is 19.9. The SMILES string of the molecule is Cc1c(NC(=O)C(C)OC(=O)COc2ccc(N(C)S(=O)(=O)c3ccc(F)cc3)cc2)c(=O)n(-c2ccccc2)n1C. The molecule has 1 N–H and O–H groups in total. The molecule has 11 nitrogen and oxygen atoms in total. The quantitative estimate of drug-likeness (QED) is 0.278. The first kappa shape index (κ1) is 30.1. The summed E-state index contributed by atoms with van der Waals surface area (Å²) in [6, 6.07) is 19.3. The molecule has 4 rings (SSSR count). The minimum absolute atomic E-state index is 0.0667. The molecule has 0 saturated heterocycles. The number of hydrogen-bond donors (Lipinski definition) is 1. The number of ether oxygens (including phenoxy) is 2. The lowest BCUT2D eigenvalue weighted by Gasteiger charge is -2.20. The molecule has 1 heterocycles. The molecule has 1 atom stereocenters. The molecule has 0 radical (unpaired) electrons. The molecular formula is C29H29FN4O7S. The molecule has 4 aromatic rings. The summed E-state index contributed by atoms with van der Waals surface area (Å²) in [7, 11) is -0.878. The van der Waals surface area contributed by atoms with Crippen molar-refractivity contribution in [2.45, 2.75) is 24.8 Å². The lowest BCUT2D eigenvalue weighted by atomic mass is 10.3. The van der Waals surface area contributed by atoms with Gasteiger partial charge in [-0.15, -0.1) is 0 Å². The van der Waals surface area contributed by atoms with Crippen LogP contribution < -0.4 is 19.9 Å². The van der Waals surface area contributed by atoms with Crippen molar-refractivity contribution in [1.82, 2.24) is 9.36 Å². The summed E-state index contributed by atoms with van der Waals surface area (Å²) in [6.45, 7) is 2.53. The van der Waals surface area contributed by atoms with Crippen molar-refractivity contribution in [1.29, 1.82) is 0 Å². The second kappa shape index (κ2) is 12.3. The van der Waals surface area contributed by atoms with Gasteiger partial charge in [-0.1, -0.05) is 18.2 Å². The van der Waals surface area contributed by atoms with Gasteiger partial charge in [0.2, 0.25) is 0 Å². The van der Waals surface area contributed by atoms with Crippen LogP contribution in [0.4, 0.5) is 15.8 Å². The van der Waals surface area contributed by atoms with Crippen LogP contribution >= 0.6 is 0 Å². The van der Waals surface area contributed by atoms with Gasteiger partial charge in [-0.05, 0) is 74.5 Å². The second-order valence-corrected chi connectivity index (χ2v) is 11.2. The summed E-state index contributed by atoms with van der Waals surface area (Å²) in [5.41, 5.74) is 1.08. The number of nitrogens with zero attached hydrogens (tertiary/aromatic N) is 3. The Morgan fingerprint density at radius 3 is 2.24 bits per heavy atom. The summed E-state index contributed by atoms with van der Waals surface area (Å²) in [5, 5.41) is 2.55. The van der Waals surface area contributed by atoms with Crippen LogP contribution in [-0.2, 0) is 31.4 Å². The standard InChI is InChI=1S/C29H29FN4O7S/c1-19-27(29(37)34(32(19)3)23-8-6-5-7-9-23)31-28(36)20(2)41-26(35)18-40-24-14-12-22(13-15-24)33(4)42(38,39)25-16-10-21(30)11-17-25/h5-17,20H,18H2,1-4H3,(H,31,36). The fourth-order valence-corrected chi connectivity index (χ4v) is 5.22. The van der Waals surface area contributed by atoms with Gasteiger partial charge in [0.25, 0.3) is 21.5 Å². The van der Waals surface area contributed by atoms with E-state index in [1.54, 1.807) is 42.9 Å². The molecular weight excluding hydrogens is 567 g/mol. The van der Waals surface area contributed by atoms with Crippen molar-refractivity contribution < 1.29 is 31.9 Å². The largest absolute Gasteiger partial charge is 0.482 e. The zero-order valence-corrected chi connectivity index (χ0v) is 24.1. The highest BCUT2D eigenvalue weighted by Gasteiger charge is 2.24. The lowest BCUT2D eigenvalue weighted by molar-refractivity contribution is -0.155. The van der Waals surface area contributed by atoms with Crippen molar-refractivity contribution in [2.24, 2.45) is 7.05 Å². The van der Waals surface area contributed by atoms with Gasteiger partial charge in [-0.25, -0.2) is 22.3 Å². The van der Waals surface area contributed by atoms with Gasteiger partial charge in [-0.3, -0.25) is 18.6 Å². The van der Waals surface area contributed by atoms with Gasteiger partial charge in [0.1, 0.15) is 17.3 Å². The van der Waals surface area contributed by atoms with Crippen LogP contribution in [0.5, 0.6) is 5.75 Å². The molecule has 220 valence electrons. The second-order valence-electron chi connectivity index (χ2n) is 9.27. The molecule has 13 heteroatoms. The van der Waals surface area contributed by atoms with Gasteiger partial charge in [-0.2, -0.15) is 0 Å². The smallest absolute Gasteiger partial charge is 0.344 e. The van der Waals surface area contributed by atoms with E-state index in [1.165, 1.54) is 55.1 Å². The highest BCUT2D eigenvalue weighted by atomic mass is 32.2. The van der Waals surface area contributed by atoms with Crippen molar-refractivity contribution >= 4 is 33.3 Å². The third-order valence-electron chi connectivity index (χ3n) is 6.51. The van der Waals surface area contributed by atoms with Crippen molar-refractivity contribution in [3.8, 4) is 11.4 Å². The lowest BCUT2D eigenvalue weighted by Crippen LogP contribution is -2.33. The monoisotopic (exact) mass is 596 g/mol. The third-order valence-corrected chi connectivity index (χ3v) is 8.31. The minimum Gasteiger partial charge on any atom is -0.482 e. The Hall–Kier alpha value is -4.91. The van der Waals surface area contributed by atoms with Crippen molar-refractivity contribution in [3.05, 3.63) is 101 Å². The fourth-order valence-electron chi connectivity index (χ4n) is 4.02. The Balaban J connectivity index is 1.33. The van der Waals surface area contributed by atoms with Gasteiger partial charge in [0, 0.05) is 14.1 Å². The molecule has 0 bridgehead atoms. The zero-order valence-electron chi connectivity index (χ0n) is 23.3. The fraction of sp³-hybridized carbons (Fsp3) is 0.207. The van der Waals surface area contributed by atoms with Gasteiger partial charge in [0.15, 0.2) is 12.7 Å². The number of anilines is 2. The number of nitrogens with one attached hydrogen (secondary N) is 1. The van der Waals surface area contributed by atoms with Crippen LogP contribution in [0.15, 0.2) is 88.6 Å². The number of halogens is 1. The number of aromatic nitrogens is 2. The van der Waals surface area contributed by atoms with Crippen LogP contribution in [0, 0.1) is 12.7 Å². The van der Waals surface area contributed by atoms with Crippen LogP contribution in [0.1, 0.15) is 12.6 Å². The van der Waals surface area contributed by atoms with Gasteiger partial charge >= 0.3 is 5.97 Å². The Bertz CT molecular complexity index is 1750. The van der Waals surface area contributed by atoms with Crippen LogP contribution in [0.2, 0.25) is 0 Å². The first-order valence-corrected chi connectivity index (χ1v) is 14.2. The number of esters is 1. The Morgan fingerprint density at radius 1 is 1.00 bits per heavy atom. The topological polar surface area (TPSA) is 129 Å². The Kier molecular flexibility index (Phi) is 8.81. The van der Waals surface area contributed by atoms with Crippen molar-refractivity contribution in [2.75, 3.05) is 23.3 Å². The number of amides is 1. The number of carbonyl (C=O) groups excluding carboxylic acids is 2. The van der Waals surface area contributed by atoms with E-state index in [0.29, 0.717) is 17.1 Å². The molecule has 1 aromatic heterocycles. The highest BCUT2D eigenvalue weighted by Crippen LogP contribution is 2.24.